The lowest BCUT2D eigenvalue weighted by Crippen LogP contribution is -2.03. The Kier molecular flexibility index (Phi) is 13.5. The molecule has 2 rings (SSSR count). The maximum absolute atomic E-state index is 11.5. The number of benzene rings is 2. The molecule has 6 nitrogen and oxygen atoms in total. The molecule has 0 radical (unpaired) electrons. The summed E-state index contributed by atoms with van der Waals surface area (Å²) in [6.07, 6.45) is 14.2. The van der Waals surface area contributed by atoms with Crippen LogP contribution in [0.3, 0.4) is 0 Å². The number of carboxylic acids is 1. The van der Waals surface area contributed by atoms with E-state index in [9.17, 15) is 20.1 Å². The van der Waals surface area contributed by atoms with E-state index in [0.717, 1.165) is 44.1 Å². The van der Waals surface area contributed by atoms with Gasteiger partial charge in [0.15, 0.2) is 11.5 Å². The van der Waals surface area contributed by atoms with Crippen LogP contribution in [0.2, 0.25) is 0 Å². The van der Waals surface area contributed by atoms with Crippen molar-refractivity contribution in [2.24, 2.45) is 0 Å². The van der Waals surface area contributed by atoms with Crippen LogP contribution in [-0.2, 0) is 6.42 Å². The number of aromatic carboxylic acids is 1. The monoisotopic (exact) mass is 486 g/mol. The Morgan fingerprint density at radius 3 is 1.86 bits per heavy atom. The summed E-state index contributed by atoms with van der Waals surface area (Å²) in [5.41, 5.74) is 0.922. The van der Waals surface area contributed by atoms with Crippen LogP contribution in [0.1, 0.15) is 99.9 Å². The van der Waals surface area contributed by atoms with Crippen LogP contribution in [0.5, 0.6) is 23.0 Å². The smallest absolute Gasteiger partial charge is 0.335 e. The Morgan fingerprint density at radius 1 is 0.743 bits per heavy atom. The third kappa shape index (κ3) is 11.4. The zero-order chi connectivity index (χ0) is 25.3. The van der Waals surface area contributed by atoms with E-state index in [2.05, 4.69) is 6.92 Å². The zero-order valence-electron chi connectivity index (χ0n) is 21.1. The normalized spacial score (nSPS) is 10.9. The molecule has 0 saturated heterocycles. The number of para-hydroxylation sites is 1. The minimum atomic E-state index is -0.998. The van der Waals surface area contributed by atoms with Crippen molar-refractivity contribution in [1.29, 1.82) is 0 Å². The van der Waals surface area contributed by atoms with Crippen molar-refractivity contribution >= 4 is 5.97 Å². The first-order chi connectivity index (χ1) is 17.0. The van der Waals surface area contributed by atoms with Gasteiger partial charge < -0.3 is 24.8 Å². The van der Waals surface area contributed by atoms with E-state index < -0.39 is 5.97 Å². The highest BCUT2D eigenvalue weighted by Crippen LogP contribution is 2.29. The van der Waals surface area contributed by atoms with Crippen LogP contribution in [-0.4, -0.2) is 34.5 Å². The van der Waals surface area contributed by atoms with Gasteiger partial charge in [-0.3, -0.25) is 0 Å². The van der Waals surface area contributed by atoms with Crippen LogP contribution in [0.25, 0.3) is 0 Å². The van der Waals surface area contributed by atoms with Gasteiger partial charge in [-0.05, 0) is 49.4 Å². The highest BCUT2D eigenvalue weighted by molar-refractivity contribution is 5.88. The number of unbranched alkanes of at least 4 members (excludes halogenated alkanes) is 10. The largest absolute Gasteiger partial charge is 0.504 e. The molecule has 0 amide bonds. The highest BCUT2D eigenvalue weighted by atomic mass is 16.5. The second-order valence-electron chi connectivity index (χ2n) is 9.12. The lowest BCUT2D eigenvalue weighted by molar-refractivity contribution is 0.0695. The van der Waals surface area contributed by atoms with Gasteiger partial charge in [0.05, 0.1) is 18.8 Å². The molecule has 0 atom stereocenters. The molecule has 2 aromatic rings. The summed E-state index contributed by atoms with van der Waals surface area (Å²) in [6.45, 7) is 3.30. The fourth-order valence-electron chi connectivity index (χ4n) is 4.03. The van der Waals surface area contributed by atoms with Gasteiger partial charge in [-0.2, -0.15) is 0 Å². The van der Waals surface area contributed by atoms with Crippen LogP contribution in [0.15, 0.2) is 36.4 Å². The molecule has 0 bridgehead atoms. The summed E-state index contributed by atoms with van der Waals surface area (Å²) in [4.78, 5) is 11.5. The van der Waals surface area contributed by atoms with Crippen LogP contribution >= 0.6 is 0 Å². The Balaban J connectivity index is 1.66. The number of rotatable bonds is 19. The van der Waals surface area contributed by atoms with Crippen LogP contribution in [0, 0.1) is 0 Å². The standard InChI is InChI=1S/C29H42O6/c1-2-3-4-5-6-7-9-12-18-34-25-20-24(29(32)33)21-26(22-25)35-19-13-10-8-11-15-23-16-14-17-27(30)28(23)31/h14,16-17,20-22,30-31H,2-13,15,18-19H2,1H3,(H,32,33). The molecule has 0 spiro atoms. The zero-order valence-corrected chi connectivity index (χ0v) is 21.1. The van der Waals surface area contributed by atoms with Crippen molar-refractivity contribution in [2.75, 3.05) is 13.2 Å². The van der Waals surface area contributed by atoms with E-state index in [0.29, 0.717) is 31.1 Å². The second kappa shape index (κ2) is 16.7. The maximum atomic E-state index is 11.5. The summed E-state index contributed by atoms with van der Waals surface area (Å²) < 4.78 is 11.6. The quantitative estimate of drug-likeness (QED) is 0.141. The Morgan fingerprint density at radius 2 is 1.29 bits per heavy atom. The average molecular weight is 487 g/mol. The topological polar surface area (TPSA) is 96.2 Å². The molecule has 0 fully saturated rings. The number of hydrogen-bond donors (Lipinski definition) is 3. The number of carboxylic acid groups (broad SMARTS) is 1. The van der Waals surface area contributed by atoms with Crippen LogP contribution in [0.4, 0.5) is 0 Å². The molecule has 35 heavy (non-hydrogen) atoms. The number of carbonyl (C=O) groups is 1. The molecule has 0 aliphatic carbocycles. The second-order valence-corrected chi connectivity index (χ2v) is 9.12. The van der Waals surface area contributed by atoms with E-state index in [1.165, 1.54) is 50.7 Å². The summed E-state index contributed by atoms with van der Waals surface area (Å²) in [5.74, 6) is -0.0629. The summed E-state index contributed by atoms with van der Waals surface area (Å²) >= 11 is 0. The summed E-state index contributed by atoms with van der Waals surface area (Å²) in [5, 5.41) is 28.8. The number of aromatic hydroxyl groups is 2. The minimum Gasteiger partial charge on any atom is -0.504 e. The molecule has 0 unspecified atom stereocenters. The molecule has 0 saturated carbocycles. The molecule has 0 aromatic heterocycles. The molecule has 194 valence electrons. The number of phenolic OH excluding ortho intramolecular Hbond substituents is 2. The van der Waals surface area contributed by atoms with Crippen molar-refractivity contribution in [2.45, 2.75) is 90.4 Å². The Bertz CT molecular complexity index is 879. The SMILES string of the molecule is CCCCCCCCCCOc1cc(OCCCCCCc2cccc(O)c2O)cc(C(=O)O)c1. The fourth-order valence-corrected chi connectivity index (χ4v) is 4.03. The molecule has 0 aliphatic heterocycles. The van der Waals surface area contributed by atoms with E-state index >= 15 is 0 Å². The van der Waals surface area contributed by atoms with E-state index in [-0.39, 0.29) is 17.1 Å². The molecular formula is C29H42O6. The van der Waals surface area contributed by atoms with E-state index in [4.69, 9.17) is 9.47 Å². The molecule has 6 heteroatoms. The first kappa shape index (κ1) is 28.3. The van der Waals surface area contributed by atoms with Gasteiger partial charge in [-0.1, -0.05) is 76.8 Å². The van der Waals surface area contributed by atoms with Gasteiger partial charge in [0.25, 0.3) is 0 Å². The first-order valence-corrected chi connectivity index (χ1v) is 13.1. The van der Waals surface area contributed by atoms with Crippen molar-refractivity contribution in [3.05, 3.63) is 47.5 Å². The number of hydrogen-bond acceptors (Lipinski definition) is 5. The Hall–Kier alpha value is -2.89. The third-order valence-corrected chi connectivity index (χ3v) is 6.10. The predicted octanol–water partition coefficient (Wildman–Crippen LogP) is 7.50. The first-order valence-electron chi connectivity index (χ1n) is 13.1. The van der Waals surface area contributed by atoms with Crippen LogP contribution < -0.4 is 9.47 Å². The summed E-state index contributed by atoms with van der Waals surface area (Å²) in [6, 6.07) is 9.89. The van der Waals surface area contributed by atoms with Gasteiger partial charge in [0.1, 0.15) is 11.5 Å². The molecular weight excluding hydrogens is 444 g/mol. The van der Waals surface area contributed by atoms with Crippen molar-refractivity contribution in [1.82, 2.24) is 0 Å². The van der Waals surface area contributed by atoms with Crippen molar-refractivity contribution in [3.8, 4) is 23.0 Å². The summed E-state index contributed by atoms with van der Waals surface area (Å²) in [7, 11) is 0. The van der Waals surface area contributed by atoms with Crippen molar-refractivity contribution < 1.29 is 29.6 Å². The van der Waals surface area contributed by atoms with Gasteiger partial charge in [0, 0.05) is 6.07 Å². The number of phenols is 2. The highest BCUT2D eigenvalue weighted by Gasteiger charge is 2.09. The number of aryl methyl sites for hydroxylation is 1. The predicted molar refractivity (Wildman–Crippen MR) is 139 cm³/mol. The third-order valence-electron chi connectivity index (χ3n) is 6.10. The van der Waals surface area contributed by atoms with E-state index in [1.807, 2.05) is 6.07 Å². The molecule has 3 N–H and O–H groups in total. The number of ether oxygens (including phenoxy) is 2. The minimum absolute atomic E-state index is 0.0328. The van der Waals surface area contributed by atoms with Gasteiger partial charge in [0.2, 0.25) is 0 Å². The Labute approximate surface area is 209 Å². The van der Waals surface area contributed by atoms with Gasteiger partial charge in [-0.15, -0.1) is 0 Å². The molecule has 2 aromatic carbocycles. The van der Waals surface area contributed by atoms with Gasteiger partial charge in [-0.25, -0.2) is 4.79 Å². The fraction of sp³-hybridized carbons (Fsp3) is 0.552. The molecule has 0 aliphatic rings. The lowest BCUT2D eigenvalue weighted by atomic mass is 10.0. The maximum Gasteiger partial charge on any atom is 0.335 e. The molecule has 0 heterocycles. The van der Waals surface area contributed by atoms with E-state index in [1.54, 1.807) is 18.2 Å². The lowest BCUT2D eigenvalue weighted by Gasteiger charge is -2.11. The van der Waals surface area contributed by atoms with Gasteiger partial charge >= 0.3 is 5.97 Å². The average Bonchev–Trinajstić information content (AvgIpc) is 2.84. The van der Waals surface area contributed by atoms with Crippen molar-refractivity contribution in [3.63, 3.8) is 0 Å².